The number of benzene rings is 1. The van der Waals surface area contributed by atoms with E-state index in [1.54, 1.807) is 13.1 Å². The van der Waals surface area contributed by atoms with E-state index in [1.807, 2.05) is 13.0 Å². The maximum atomic E-state index is 12.7. The van der Waals surface area contributed by atoms with Gasteiger partial charge in [0.05, 0.1) is 17.5 Å². The first-order valence-corrected chi connectivity index (χ1v) is 9.03. The van der Waals surface area contributed by atoms with Crippen LogP contribution in [-0.2, 0) is 7.05 Å². The van der Waals surface area contributed by atoms with Crippen molar-refractivity contribution in [1.29, 1.82) is 0 Å². The van der Waals surface area contributed by atoms with Crippen molar-refractivity contribution in [1.82, 2.24) is 4.57 Å². The Bertz CT molecular complexity index is 998. The molecule has 0 fully saturated rings. The molecule has 2 rings (SSSR count). The Morgan fingerprint density at radius 1 is 1.21 bits per heavy atom. The molecule has 0 amide bonds. The molecule has 0 saturated heterocycles. The highest BCUT2D eigenvalue weighted by atomic mass is 16.6. The molecule has 2 aromatic rings. The number of nitro groups is 1. The van der Waals surface area contributed by atoms with Gasteiger partial charge in [-0.2, -0.15) is 0 Å². The second kappa shape index (κ2) is 9.21. The fraction of sp³-hybridized carbons (Fsp3) is 0.381. The van der Waals surface area contributed by atoms with E-state index in [0.29, 0.717) is 10.9 Å². The monoisotopic (exact) mass is 386 g/mol. The van der Waals surface area contributed by atoms with Crippen LogP contribution in [0.3, 0.4) is 0 Å². The summed E-state index contributed by atoms with van der Waals surface area (Å²) in [7, 11) is 3.00. The van der Waals surface area contributed by atoms with Gasteiger partial charge in [-0.1, -0.05) is 17.2 Å². The van der Waals surface area contributed by atoms with Gasteiger partial charge < -0.3 is 14.0 Å². The SMILES string of the molecule is COc1c(OC/C=C(\C)CCC=C(C)C)c(=O)n(C)c2cc([N+](=O)[O-])ccc12. The molecule has 0 radical (unpaired) electrons. The van der Waals surface area contributed by atoms with Gasteiger partial charge in [-0.05, 0) is 45.8 Å². The fourth-order valence-corrected chi connectivity index (χ4v) is 2.87. The zero-order valence-electron chi connectivity index (χ0n) is 16.9. The zero-order chi connectivity index (χ0) is 20.8. The molecule has 1 aromatic carbocycles. The lowest BCUT2D eigenvalue weighted by atomic mass is 10.1. The van der Waals surface area contributed by atoms with Crippen molar-refractivity contribution in [2.24, 2.45) is 7.05 Å². The van der Waals surface area contributed by atoms with E-state index in [0.717, 1.165) is 12.8 Å². The molecule has 0 bridgehead atoms. The third kappa shape index (κ3) is 4.79. The first kappa shape index (κ1) is 21.2. The van der Waals surface area contributed by atoms with E-state index >= 15 is 0 Å². The van der Waals surface area contributed by atoms with Gasteiger partial charge in [0.15, 0.2) is 5.75 Å². The normalized spacial score (nSPS) is 11.4. The van der Waals surface area contributed by atoms with E-state index < -0.39 is 10.5 Å². The number of non-ortho nitro benzene ring substituents is 1. The highest BCUT2D eigenvalue weighted by molar-refractivity contribution is 5.89. The molecule has 0 spiro atoms. The molecule has 0 saturated carbocycles. The third-order valence-electron chi connectivity index (χ3n) is 4.46. The molecule has 0 aliphatic heterocycles. The fourth-order valence-electron chi connectivity index (χ4n) is 2.87. The molecule has 7 nitrogen and oxygen atoms in total. The van der Waals surface area contributed by atoms with Gasteiger partial charge in [-0.25, -0.2) is 0 Å². The second-order valence-corrected chi connectivity index (χ2v) is 6.87. The Balaban J connectivity index is 2.33. The van der Waals surface area contributed by atoms with Gasteiger partial charge in [0.25, 0.3) is 11.2 Å². The van der Waals surface area contributed by atoms with Crippen molar-refractivity contribution < 1.29 is 14.4 Å². The Morgan fingerprint density at radius 3 is 2.54 bits per heavy atom. The van der Waals surface area contributed by atoms with Crippen LogP contribution in [0.25, 0.3) is 10.9 Å². The summed E-state index contributed by atoms with van der Waals surface area (Å²) in [5.74, 6) is 0.378. The summed E-state index contributed by atoms with van der Waals surface area (Å²) in [6, 6.07) is 4.31. The predicted octanol–water partition coefficient (Wildman–Crippen LogP) is 4.53. The van der Waals surface area contributed by atoms with Crippen LogP contribution in [0, 0.1) is 10.1 Å². The van der Waals surface area contributed by atoms with Crippen LogP contribution >= 0.6 is 0 Å². The Kier molecular flexibility index (Phi) is 6.98. The largest absolute Gasteiger partial charge is 0.492 e. The number of hydrogen-bond donors (Lipinski definition) is 0. The Hall–Kier alpha value is -3.09. The van der Waals surface area contributed by atoms with Crippen molar-refractivity contribution in [3.63, 3.8) is 0 Å². The quantitative estimate of drug-likeness (QED) is 0.378. The summed E-state index contributed by atoms with van der Waals surface area (Å²) in [5, 5.41) is 11.6. The van der Waals surface area contributed by atoms with Crippen LogP contribution in [0.15, 0.2) is 46.3 Å². The number of ether oxygens (including phenoxy) is 2. The molecule has 1 aromatic heterocycles. The first-order chi connectivity index (χ1) is 13.3. The van der Waals surface area contributed by atoms with Gasteiger partial charge in [-0.15, -0.1) is 0 Å². The van der Waals surface area contributed by atoms with E-state index in [-0.39, 0.29) is 23.8 Å². The summed E-state index contributed by atoms with van der Waals surface area (Å²) in [6.07, 6.45) is 6.01. The minimum Gasteiger partial charge on any atom is -0.492 e. The van der Waals surface area contributed by atoms with Crippen molar-refractivity contribution in [3.8, 4) is 11.5 Å². The Labute approximate surface area is 164 Å². The lowest BCUT2D eigenvalue weighted by Gasteiger charge is -2.14. The minimum absolute atomic E-state index is 0.0897. The molecule has 0 aliphatic carbocycles. The molecule has 1 heterocycles. The first-order valence-electron chi connectivity index (χ1n) is 9.03. The summed E-state index contributed by atoms with van der Waals surface area (Å²) < 4.78 is 12.5. The molecule has 7 heteroatoms. The van der Waals surface area contributed by atoms with Gasteiger partial charge in [0.2, 0.25) is 5.75 Å². The topological polar surface area (TPSA) is 83.6 Å². The predicted molar refractivity (Wildman–Crippen MR) is 110 cm³/mol. The standard InChI is InChI=1S/C21H26N2O5/c1-14(2)7-6-8-15(3)11-12-28-20-19(27-5)17-10-9-16(23(25)26)13-18(17)22(4)21(20)24/h7,9-11,13H,6,8,12H2,1-5H3/b15-11+. The summed E-state index contributed by atoms with van der Waals surface area (Å²) >= 11 is 0. The average Bonchev–Trinajstić information content (AvgIpc) is 2.65. The number of rotatable bonds is 8. The van der Waals surface area contributed by atoms with Crippen LogP contribution in [0.2, 0.25) is 0 Å². The lowest BCUT2D eigenvalue weighted by molar-refractivity contribution is -0.384. The van der Waals surface area contributed by atoms with Crippen LogP contribution in [0.1, 0.15) is 33.6 Å². The van der Waals surface area contributed by atoms with Crippen molar-refractivity contribution in [3.05, 3.63) is 62.0 Å². The van der Waals surface area contributed by atoms with Crippen molar-refractivity contribution >= 4 is 16.6 Å². The Morgan fingerprint density at radius 2 is 1.93 bits per heavy atom. The van der Waals surface area contributed by atoms with Gasteiger partial charge >= 0.3 is 0 Å². The van der Waals surface area contributed by atoms with Crippen LogP contribution in [0.4, 0.5) is 5.69 Å². The highest BCUT2D eigenvalue weighted by Gasteiger charge is 2.19. The lowest BCUT2D eigenvalue weighted by Crippen LogP contribution is -2.21. The molecule has 28 heavy (non-hydrogen) atoms. The number of nitro benzene ring substituents is 1. The minimum atomic E-state index is -0.496. The van der Waals surface area contributed by atoms with E-state index in [2.05, 4.69) is 19.9 Å². The van der Waals surface area contributed by atoms with E-state index in [1.165, 1.54) is 35.0 Å². The summed E-state index contributed by atoms with van der Waals surface area (Å²) in [6.45, 7) is 6.40. The maximum absolute atomic E-state index is 12.7. The van der Waals surface area contributed by atoms with E-state index in [9.17, 15) is 14.9 Å². The molecular weight excluding hydrogens is 360 g/mol. The number of fused-ring (bicyclic) bond motifs is 1. The smallest absolute Gasteiger partial charge is 0.297 e. The number of aromatic nitrogens is 1. The maximum Gasteiger partial charge on any atom is 0.297 e. The second-order valence-electron chi connectivity index (χ2n) is 6.87. The molecule has 150 valence electrons. The summed E-state index contributed by atoms with van der Waals surface area (Å²) in [4.78, 5) is 23.3. The molecule has 0 N–H and O–H groups in total. The average molecular weight is 386 g/mol. The van der Waals surface area contributed by atoms with Gasteiger partial charge in [0.1, 0.15) is 6.61 Å². The molecule has 0 aliphatic rings. The highest BCUT2D eigenvalue weighted by Crippen LogP contribution is 2.34. The molecular formula is C21H26N2O5. The van der Waals surface area contributed by atoms with Gasteiger partial charge in [0, 0.05) is 24.6 Å². The van der Waals surface area contributed by atoms with E-state index in [4.69, 9.17) is 9.47 Å². The number of aryl methyl sites for hydroxylation is 1. The van der Waals surface area contributed by atoms with Crippen LogP contribution < -0.4 is 15.0 Å². The number of pyridine rings is 1. The summed E-state index contributed by atoms with van der Waals surface area (Å²) in [5.41, 5.74) is 2.38. The zero-order valence-corrected chi connectivity index (χ0v) is 16.9. The van der Waals surface area contributed by atoms with Crippen LogP contribution in [0.5, 0.6) is 11.5 Å². The number of nitrogens with zero attached hydrogens (tertiary/aromatic N) is 2. The number of allylic oxidation sites excluding steroid dienone is 3. The van der Waals surface area contributed by atoms with Crippen molar-refractivity contribution in [2.45, 2.75) is 33.6 Å². The van der Waals surface area contributed by atoms with Gasteiger partial charge in [-0.3, -0.25) is 14.9 Å². The molecule has 0 atom stereocenters. The van der Waals surface area contributed by atoms with Crippen molar-refractivity contribution in [2.75, 3.05) is 13.7 Å². The number of hydrogen-bond acceptors (Lipinski definition) is 5. The molecule has 0 unspecified atom stereocenters. The third-order valence-corrected chi connectivity index (χ3v) is 4.46. The van der Waals surface area contributed by atoms with Crippen LogP contribution in [-0.4, -0.2) is 23.2 Å². The number of methoxy groups -OCH3 is 1.